The Labute approximate surface area is 158 Å². The number of carbonyl (C=O) groups excluding carboxylic acids is 2. The average Bonchev–Trinajstić information content (AvgIpc) is 3.06. The van der Waals surface area contributed by atoms with Crippen LogP contribution < -0.4 is 5.73 Å². The second-order valence-electron chi connectivity index (χ2n) is 7.40. The van der Waals surface area contributed by atoms with Crippen LogP contribution in [0.1, 0.15) is 37.8 Å². The zero-order valence-electron chi connectivity index (χ0n) is 15.4. The number of anilines is 1. The van der Waals surface area contributed by atoms with Gasteiger partial charge in [0.15, 0.2) is 5.13 Å². The number of hydrogen-bond donors (Lipinski definition) is 1. The van der Waals surface area contributed by atoms with Crippen LogP contribution in [-0.2, 0) is 20.7 Å². The molecule has 2 fully saturated rings. The Morgan fingerprint density at radius 1 is 1.42 bits per heavy atom. The van der Waals surface area contributed by atoms with Gasteiger partial charge in [-0.1, -0.05) is 0 Å². The van der Waals surface area contributed by atoms with Crippen molar-refractivity contribution in [2.75, 3.05) is 45.6 Å². The molecule has 2 amide bonds. The smallest absolute Gasteiger partial charge is 0.222 e. The predicted molar refractivity (Wildman–Crippen MR) is 101 cm³/mol. The number of rotatable bonds is 6. The van der Waals surface area contributed by atoms with Crippen LogP contribution in [0.4, 0.5) is 5.13 Å². The number of nitrogen functional groups attached to an aromatic ring is 1. The average molecular weight is 381 g/mol. The van der Waals surface area contributed by atoms with Gasteiger partial charge in [0.1, 0.15) is 0 Å². The van der Waals surface area contributed by atoms with Gasteiger partial charge < -0.3 is 20.3 Å². The molecule has 0 saturated carbocycles. The van der Waals surface area contributed by atoms with Gasteiger partial charge in [-0.2, -0.15) is 0 Å². The first-order valence-corrected chi connectivity index (χ1v) is 10.1. The Morgan fingerprint density at radius 3 is 3.00 bits per heavy atom. The number of nitrogens with zero attached hydrogens (tertiary/aromatic N) is 3. The van der Waals surface area contributed by atoms with Gasteiger partial charge in [0.25, 0.3) is 0 Å². The molecule has 0 bridgehead atoms. The van der Waals surface area contributed by atoms with Gasteiger partial charge in [0, 0.05) is 56.9 Å². The van der Waals surface area contributed by atoms with E-state index >= 15 is 0 Å². The molecule has 1 aromatic rings. The minimum absolute atomic E-state index is 0.0423. The Bertz CT molecular complexity index is 650. The molecule has 2 saturated heterocycles. The summed E-state index contributed by atoms with van der Waals surface area (Å²) in [6.45, 7) is 3.49. The van der Waals surface area contributed by atoms with E-state index in [9.17, 15) is 9.59 Å². The number of aryl methyl sites for hydroxylation is 1. The second kappa shape index (κ2) is 8.35. The van der Waals surface area contributed by atoms with E-state index < -0.39 is 0 Å². The number of thiazole rings is 1. The van der Waals surface area contributed by atoms with E-state index in [-0.39, 0.29) is 17.2 Å². The van der Waals surface area contributed by atoms with Gasteiger partial charge in [-0.15, -0.1) is 11.3 Å². The fourth-order valence-corrected chi connectivity index (χ4v) is 4.69. The monoisotopic (exact) mass is 380 g/mol. The maximum absolute atomic E-state index is 12.7. The maximum atomic E-state index is 12.7. The first-order valence-electron chi connectivity index (χ1n) is 9.26. The van der Waals surface area contributed by atoms with Crippen molar-refractivity contribution in [1.29, 1.82) is 0 Å². The lowest BCUT2D eigenvalue weighted by Gasteiger charge is -2.48. The van der Waals surface area contributed by atoms with Crippen molar-refractivity contribution in [3.05, 3.63) is 11.1 Å². The van der Waals surface area contributed by atoms with Crippen molar-refractivity contribution < 1.29 is 14.3 Å². The zero-order chi connectivity index (χ0) is 18.6. The van der Waals surface area contributed by atoms with Gasteiger partial charge in [0.2, 0.25) is 11.8 Å². The number of aromatic nitrogens is 1. The number of carbonyl (C=O) groups is 2. The Kier molecular flexibility index (Phi) is 6.13. The molecule has 26 heavy (non-hydrogen) atoms. The van der Waals surface area contributed by atoms with Gasteiger partial charge >= 0.3 is 0 Å². The molecule has 144 valence electrons. The molecule has 2 aliphatic heterocycles. The van der Waals surface area contributed by atoms with Crippen molar-refractivity contribution in [2.24, 2.45) is 5.41 Å². The standard InChI is InChI=1S/C18H28N4O3S/c1-25-10-9-22-13-18(7-5-16(22)24)6-2-8-21(12-18)15(23)4-3-14-11-26-17(19)20-14/h11H,2-10,12-13H2,1H3,(H2,19,20). The number of hydrogen-bond acceptors (Lipinski definition) is 6. The highest BCUT2D eigenvalue weighted by molar-refractivity contribution is 7.13. The van der Waals surface area contributed by atoms with Crippen molar-refractivity contribution in [3.63, 3.8) is 0 Å². The molecular formula is C18H28N4O3S. The summed E-state index contributed by atoms with van der Waals surface area (Å²) < 4.78 is 5.13. The fraction of sp³-hybridized carbons (Fsp3) is 0.722. The first kappa shape index (κ1) is 19.1. The number of likely N-dealkylation sites (tertiary alicyclic amines) is 2. The maximum Gasteiger partial charge on any atom is 0.222 e. The normalized spacial score (nSPS) is 23.7. The minimum Gasteiger partial charge on any atom is -0.383 e. The molecule has 0 aliphatic carbocycles. The summed E-state index contributed by atoms with van der Waals surface area (Å²) in [5, 5.41) is 2.47. The topological polar surface area (TPSA) is 88.8 Å². The van der Waals surface area contributed by atoms with Crippen LogP contribution in [0.5, 0.6) is 0 Å². The van der Waals surface area contributed by atoms with Gasteiger partial charge in [-0.25, -0.2) is 4.98 Å². The number of nitrogens with two attached hydrogens (primary N) is 1. The fourth-order valence-electron chi connectivity index (χ4n) is 4.09. The summed E-state index contributed by atoms with van der Waals surface area (Å²) in [4.78, 5) is 33.0. The van der Waals surface area contributed by atoms with E-state index in [0.717, 1.165) is 44.6 Å². The third kappa shape index (κ3) is 4.54. The lowest BCUT2D eigenvalue weighted by Crippen LogP contribution is -2.55. The number of methoxy groups -OCH3 is 1. The Balaban J connectivity index is 1.57. The zero-order valence-corrected chi connectivity index (χ0v) is 16.2. The van der Waals surface area contributed by atoms with Crippen molar-refractivity contribution in [1.82, 2.24) is 14.8 Å². The third-order valence-electron chi connectivity index (χ3n) is 5.49. The third-order valence-corrected chi connectivity index (χ3v) is 6.21. The molecule has 0 aromatic carbocycles. The quantitative estimate of drug-likeness (QED) is 0.809. The first-order chi connectivity index (χ1) is 12.5. The Morgan fingerprint density at radius 2 is 2.27 bits per heavy atom. The Hall–Kier alpha value is -1.67. The molecule has 2 aliphatic rings. The van der Waals surface area contributed by atoms with E-state index in [0.29, 0.717) is 37.5 Å². The molecule has 8 heteroatoms. The summed E-state index contributed by atoms with van der Waals surface area (Å²) in [5.74, 6) is 0.383. The van der Waals surface area contributed by atoms with Crippen LogP contribution in [0.15, 0.2) is 5.38 Å². The highest BCUT2D eigenvalue weighted by Gasteiger charge is 2.42. The van der Waals surface area contributed by atoms with Crippen LogP contribution in [0.2, 0.25) is 0 Å². The molecule has 1 spiro atoms. The van der Waals surface area contributed by atoms with Crippen molar-refractivity contribution in [3.8, 4) is 0 Å². The SMILES string of the molecule is COCCN1CC2(CCCN(C(=O)CCc3csc(N)n3)C2)CCC1=O. The van der Waals surface area contributed by atoms with Crippen LogP contribution in [0, 0.1) is 5.41 Å². The van der Waals surface area contributed by atoms with Gasteiger partial charge in [-0.05, 0) is 25.7 Å². The molecule has 7 nitrogen and oxygen atoms in total. The number of piperidine rings is 2. The summed E-state index contributed by atoms with van der Waals surface area (Å²) in [6.07, 6.45) is 4.63. The lowest BCUT2D eigenvalue weighted by molar-refractivity contribution is -0.143. The molecule has 1 unspecified atom stereocenters. The van der Waals surface area contributed by atoms with Crippen LogP contribution in [-0.4, -0.2) is 66.5 Å². The highest BCUT2D eigenvalue weighted by Crippen LogP contribution is 2.39. The molecule has 2 N–H and O–H groups in total. The van der Waals surface area contributed by atoms with E-state index in [2.05, 4.69) is 4.98 Å². The van der Waals surface area contributed by atoms with Gasteiger partial charge in [0.05, 0.1) is 12.3 Å². The minimum atomic E-state index is 0.0423. The van der Waals surface area contributed by atoms with E-state index in [4.69, 9.17) is 10.5 Å². The summed E-state index contributed by atoms with van der Waals surface area (Å²) in [6, 6.07) is 0. The van der Waals surface area contributed by atoms with E-state index in [1.54, 1.807) is 7.11 Å². The van der Waals surface area contributed by atoms with Crippen molar-refractivity contribution in [2.45, 2.75) is 38.5 Å². The van der Waals surface area contributed by atoms with Crippen LogP contribution >= 0.6 is 11.3 Å². The number of amides is 2. The molecule has 0 radical (unpaired) electrons. The summed E-state index contributed by atoms with van der Waals surface area (Å²) in [5.41, 5.74) is 6.58. The van der Waals surface area contributed by atoms with Crippen LogP contribution in [0.3, 0.4) is 0 Å². The summed E-state index contributed by atoms with van der Waals surface area (Å²) in [7, 11) is 1.65. The molecule has 1 aromatic heterocycles. The molecular weight excluding hydrogens is 352 g/mol. The van der Waals surface area contributed by atoms with Gasteiger partial charge in [-0.3, -0.25) is 9.59 Å². The second-order valence-corrected chi connectivity index (χ2v) is 8.29. The largest absolute Gasteiger partial charge is 0.383 e. The molecule has 3 heterocycles. The lowest BCUT2D eigenvalue weighted by atomic mass is 9.73. The number of ether oxygens (including phenoxy) is 1. The predicted octanol–water partition coefficient (Wildman–Crippen LogP) is 1.54. The molecule has 1 atom stereocenters. The highest BCUT2D eigenvalue weighted by atomic mass is 32.1. The summed E-state index contributed by atoms with van der Waals surface area (Å²) >= 11 is 1.41. The van der Waals surface area contributed by atoms with E-state index in [1.807, 2.05) is 15.2 Å². The van der Waals surface area contributed by atoms with E-state index in [1.165, 1.54) is 11.3 Å². The molecule has 3 rings (SSSR count). The van der Waals surface area contributed by atoms with Crippen LogP contribution in [0.25, 0.3) is 0 Å². The van der Waals surface area contributed by atoms with Crippen molar-refractivity contribution >= 4 is 28.3 Å².